The van der Waals surface area contributed by atoms with Gasteiger partial charge in [0.2, 0.25) is 0 Å². The molecular formula is C24H19N5O. The standard InChI is InChI=1S/C24H19N5O/c1-16-9-11-29-15-18(28-23(29)12-16)14-25-24(30)22-7-6-19(17-8-10-26-27-13-17)20-4-2-3-5-21(20)22/h2-13,15H,14H2,1H3,(H,25,30). The van der Waals surface area contributed by atoms with Crippen LogP contribution >= 0.6 is 0 Å². The zero-order valence-corrected chi connectivity index (χ0v) is 16.4. The summed E-state index contributed by atoms with van der Waals surface area (Å²) in [5.41, 5.74) is 5.47. The number of benzene rings is 2. The Kier molecular flexibility index (Phi) is 4.44. The topological polar surface area (TPSA) is 72.2 Å². The number of carbonyl (C=O) groups is 1. The lowest BCUT2D eigenvalue weighted by atomic mass is 9.96. The van der Waals surface area contributed by atoms with E-state index < -0.39 is 0 Å². The molecule has 0 aliphatic rings. The zero-order valence-electron chi connectivity index (χ0n) is 16.4. The van der Waals surface area contributed by atoms with E-state index in [4.69, 9.17) is 0 Å². The number of aryl methyl sites for hydroxylation is 1. The van der Waals surface area contributed by atoms with Gasteiger partial charge < -0.3 is 9.72 Å². The third-order valence-electron chi connectivity index (χ3n) is 5.16. The maximum absolute atomic E-state index is 13.0. The van der Waals surface area contributed by atoms with Gasteiger partial charge in [0.05, 0.1) is 24.6 Å². The van der Waals surface area contributed by atoms with Crippen LogP contribution in [0.1, 0.15) is 21.6 Å². The van der Waals surface area contributed by atoms with Crippen molar-refractivity contribution in [3.05, 3.63) is 96.2 Å². The number of nitrogens with one attached hydrogen (secondary N) is 1. The number of hydrogen-bond acceptors (Lipinski definition) is 4. The van der Waals surface area contributed by atoms with Gasteiger partial charge in [-0.3, -0.25) is 4.79 Å². The first-order valence-corrected chi connectivity index (χ1v) is 9.70. The molecule has 0 saturated heterocycles. The molecule has 6 heteroatoms. The van der Waals surface area contributed by atoms with Gasteiger partial charge in [-0.25, -0.2) is 4.98 Å². The highest BCUT2D eigenvalue weighted by Crippen LogP contribution is 2.30. The van der Waals surface area contributed by atoms with Crippen molar-refractivity contribution in [2.45, 2.75) is 13.5 Å². The molecule has 3 heterocycles. The fraction of sp³-hybridized carbons (Fsp3) is 0.0833. The van der Waals surface area contributed by atoms with Crippen LogP contribution in [0.2, 0.25) is 0 Å². The summed E-state index contributed by atoms with van der Waals surface area (Å²) >= 11 is 0. The molecule has 3 aromatic heterocycles. The van der Waals surface area contributed by atoms with Crippen LogP contribution in [0, 0.1) is 6.92 Å². The second-order valence-electron chi connectivity index (χ2n) is 7.22. The average molecular weight is 393 g/mol. The van der Waals surface area contributed by atoms with Crippen molar-refractivity contribution in [1.29, 1.82) is 0 Å². The molecule has 0 bridgehead atoms. The summed E-state index contributed by atoms with van der Waals surface area (Å²) in [4.78, 5) is 17.6. The molecular weight excluding hydrogens is 374 g/mol. The molecule has 0 aliphatic carbocycles. The normalized spacial score (nSPS) is 11.1. The van der Waals surface area contributed by atoms with Gasteiger partial charge in [-0.15, -0.1) is 0 Å². The van der Waals surface area contributed by atoms with E-state index in [0.29, 0.717) is 12.1 Å². The number of nitrogens with zero attached hydrogens (tertiary/aromatic N) is 4. The van der Waals surface area contributed by atoms with Crippen LogP contribution in [-0.2, 0) is 6.54 Å². The van der Waals surface area contributed by atoms with Crippen molar-refractivity contribution in [3.8, 4) is 11.1 Å². The van der Waals surface area contributed by atoms with Gasteiger partial charge >= 0.3 is 0 Å². The van der Waals surface area contributed by atoms with Crippen molar-refractivity contribution >= 4 is 22.3 Å². The number of imidazole rings is 1. The summed E-state index contributed by atoms with van der Waals surface area (Å²) in [5.74, 6) is -0.126. The number of amides is 1. The highest BCUT2D eigenvalue weighted by molar-refractivity contribution is 6.10. The molecule has 2 aromatic carbocycles. The van der Waals surface area contributed by atoms with Crippen LogP contribution in [0.3, 0.4) is 0 Å². The van der Waals surface area contributed by atoms with Crippen molar-refractivity contribution in [2.24, 2.45) is 0 Å². The Bertz CT molecular complexity index is 1370. The van der Waals surface area contributed by atoms with E-state index >= 15 is 0 Å². The van der Waals surface area contributed by atoms with E-state index in [9.17, 15) is 4.79 Å². The SMILES string of the molecule is Cc1ccn2cc(CNC(=O)c3ccc(-c4ccnnc4)c4ccccc34)nc2c1. The Morgan fingerprint density at radius 2 is 1.90 bits per heavy atom. The van der Waals surface area contributed by atoms with Crippen LogP contribution in [-0.4, -0.2) is 25.5 Å². The van der Waals surface area contributed by atoms with E-state index in [-0.39, 0.29) is 5.91 Å². The Morgan fingerprint density at radius 1 is 1.03 bits per heavy atom. The molecule has 0 unspecified atom stereocenters. The highest BCUT2D eigenvalue weighted by Gasteiger charge is 2.14. The van der Waals surface area contributed by atoms with Crippen LogP contribution < -0.4 is 5.32 Å². The molecule has 0 atom stereocenters. The first-order valence-electron chi connectivity index (χ1n) is 9.70. The lowest BCUT2D eigenvalue weighted by Crippen LogP contribution is -2.23. The van der Waals surface area contributed by atoms with Gasteiger partial charge in [-0.05, 0) is 53.1 Å². The van der Waals surface area contributed by atoms with E-state index in [0.717, 1.165) is 38.8 Å². The van der Waals surface area contributed by atoms with Gasteiger partial charge in [0.25, 0.3) is 5.91 Å². The van der Waals surface area contributed by atoms with Gasteiger partial charge in [0.15, 0.2) is 0 Å². The molecule has 0 radical (unpaired) electrons. The molecule has 0 spiro atoms. The Morgan fingerprint density at radius 3 is 2.73 bits per heavy atom. The summed E-state index contributed by atoms with van der Waals surface area (Å²) in [7, 11) is 0. The third kappa shape index (κ3) is 3.28. The molecule has 5 rings (SSSR count). The quantitative estimate of drug-likeness (QED) is 0.497. The Balaban J connectivity index is 1.44. The molecule has 1 N–H and O–H groups in total. The lowest BCUT2D eigenvalue weighted by Gasteiger charge is -2.11. The zero-order chi connectivity index (χ0) is 20.5. The fourth-order valence-electron chi connectivity index (χ4n) is 3.69. The first kappa shape index (κ1) is 18.0. The molecule has 0 saturated carbocycles. The van der Waals surface area contributed by atoms with E-state index in [2.05, 4.69) is 20.5 Å². The molecule has 5 aromatic rings. The molecule has 0 aliphatic heterocycles. The van der Waals surface area contributed by atoms with Crippen LogP contribution in [0.5, 0.6) is 0 Å². The van der Waals surface area contributed by atoms with Crippen molar-refractivity contribution < 1.29 is 4.79 Å². The van der Waals surface area contributed by atoms with Crippen LogP contribution in [0.15, 0.2) is 79.4 Å². The molecule has 1 amide bonds. The number of aromatic nitrogens is 4. The third-order valence-corrected chi connectivity index (χ3v) is 5.16. The summed E-state index contributed by atoms with van der Waals surface area (Å²) in [6.07, 6.45) is 7.31. The predicted octanol–water partition coefficient (Wildman–Crippen LogP) is 4.18. The summed E-state index contributed by atoms with van der Waals surface area (Å²) in [5, 5.41) is 12.7. The van der Waals surface area contributed by atoms with Crippen LogP contribution in [0.4, 0.5) is 0 Å². The minimum atomic E-state index is -0.126. The highest BCUT2D eigenvalue weighted by atomic mass is 16.1. The smallest absolute Gasteiger partial charge is 0.252 e. The molecule has 6 nitrogen and oxygen atoms in total. The number of fused-ring (bicyclic) bond motifs is 2. The fourth-order valence-corrected chi connectivity index (χ4v) is 3.69. The summed E-state index contributed by atoms with van der Waals surface area (Å²) in [6, 6.07) is 17.7. The van der Waals surface area contributed by atoms with Gasteiger partial charge in [0.1, 0.15) is 5.65 Å². The Labute approximate surface area is 173 Å². The van der Waals surface area contributed by atoms with Crippen molar-refractivity contribution in [3.63, 3.8) is 0 Å². The average Bonchev–Trinajstić information content (AvgIpc) is 3.19. The maximum Gasteiger partial charge on any atom is 0.252 e. The summed E-state index contributed by atoms with van der Waals surface area (Å²) in [6.45, 7) is 2.40. The molecule has 30 heavy (non-hydrogen) atoms. The number of rotatable bonds is 4. The van der Waals surface area contributed by atoms with Crippen molar-refractivity contribution in [1.82, 2.24) is 24.9 Å². The largest absolute Gasteiger partial charge is 0.346 e. The van der Waals surface area contributed by atoms with E-state index in [1.54, 1.807) is 12.4 Å². The molecule has 0 fully saturated rings. The van der Waals surface area contributed by atoms with Crippen molar-refractivity contribution in [2.75, 3.05) is 0 Å². The maximum atomic E-state index is 13.0. The first-order chi connectivity index (χ1) is 14.7. The van der Waals surface area contributed by atoms with Gasteiger partial charge in [0, 0.05) is 23.5 Å². The van der Waals surface area contributed by atoms with Gasteiger partial charge in [-0.2, -0.15) is 10.2 Å². The van der Waals surface area contributed by atoms with Gasteiger partial charge in [-0.1, -0.05) is 30.3 Å². The minimum absolute atomic E-state index is 0.126. The van der Waals surface area contributed by atoms with Crippen LogP contribution in [0.25, 0.3) is 27.5 Å². The van der Waals surface area contributed by atoms with E-state index in [1.807, 2.05) is 78.3 Å². The number of pyridine rings is 1. The lowest BCUT2D eigenvalue weighted by molar-refractivity contribution is 0.0952. The minimum Gasteiger partial charge on any atom is -0.346 e. The predicted molar refractivity (Wildman–Crippen MR) is 116 cm³/mol. The molecule has 146 valence electrons. The number of carbonyl (C=O) groups excluding carboxylic acids is 1. The Hall–Kier alpha value is -4.06. The number of hydrogen-bond donors (Lipinski definition) is 1. The monoisotopic (exact) mass is 393 g/mol. The second kappa shape index (κ2) is 7.40. The van der Waals surface area contributed by atoms with E-state index in [1.165, 1.54) is 0 Å². The summed E-state index contributed by atoms with van der Waals surface area (Å²) < 4.78 is 1.96. The second-order valence-corrected chi connectivity index (χ2v) is 7.22.